The molecule has 3 aromatic rings. The molecule has 0 spiro atoms. The van der Waals surface area contributed by atoms with E-state index in [2.05, 4.69) is 15.6 Å². The zero-order valence-electron chi connectivity index (χ0n) is 17.4. The molecule has 3 rings (SSSR count). The van der Waals surface area contributed by atoms with E-state index in [0.29, 0.717) is 12.1 Å². The monoisotopic (exact) mass is 436 g/mol. The summed E-state index contributed by atoms with van der Waals surface area (Å²) in [6, 6.07) is 14.9. The minimum absolute atomic E-state index is 0.0970. The van der Waals surface area contributed by atoms with Crippen LogP contribution < -0.4 is 16.4 Å². The van der Waals surface area contributed by atoms with Gasteiger partial charge in [-0.15, -0.1) is 11.3 Å². The molecule has 0 atom stereocenters. The van der Waals surface area contributed by atoms with Crippen LogP contribution in [-0.2, 0) is 22.6 Å². The van der Waals surface area contributed by atoms with Crippen molar-refractivity contribution < 1.29 is 14.4 Å². The number of primary amides is 1. The Labute approximate surface area is 184 Å². The van der Waals surface area contributed by atoms with E-state index in [1.165, 1.54) is 16.9 Å². The maximum atomic E-state index is 12.5. The number of carbonyl (C=O) groups is 3. The number of nitrogens with zero attached hydrogens (tertiary/aromatic N) is 1. The predicted molar refractivity (Wildman–Crippen MR) is 121 cm³/mol. The number of hydrogen-bond acceptors (Lipinski definition) is 5. The normalized spacial score (nSPS) is 10.5. The fourth-order valence-corrected chi connectivity index (χ4v) is 3.94. The number of hydrogen-bond donors (Lipinski definition) is 3. The fraction of sp³-hybridized carbons (Fsp3) is 0.217. The molecule has 0 fully saturated rings. The van der Waals surface area contributed by atoms with Crippen LogP contribution in [0, 0.1) is 13.8 Å². The summed E-state index contributed by atoms with van der Waals surface area (Å²) in [4.78, 5) is 40.7. The lowest BCUT2D eigenvalue weighted by Gasteiger charge is -2.07. The summed E-state index contributed by atoms with van der Waals surface area (Å²) >= 11 is 1.53. The molecule has 31 heavy (non-hydrogen) atoms. The molecule has 1 heterocycles. The van der Waals surface area contributed by atoms with Crippen LogP contribution in [0.25, 0.3) is 11.3 Å². The standard InChI is InChI=1S/C23H24N4O3S/c1-14-3-7-17(8-4-14)22-19(31-15(2)27-22)11-21(29)25-12-16-5-9-18(10-6-16)23(30)26-13-20(24)28/h3-10H,11-13H2,1-2H3,(H2,24,28)(H,25,29)(H,26,30). The lowest BCUT2D eigenvalue weighted by atomic mass is 10.1. The predicted octanol–water partition coefficient (Wildman–Crippen LogP) is 2.50. The summed E-state index contributed by atoms with van der Waals surface area (Å²) in [5.74, 6) is -1.08. The van der Waals surface area contributed by atoms with Crippen molar-refractivity contribution in [1.82, 2.24) is 15.6 Å². The Hall–Kier alpha value is -3.52. The number of carbonyl (C=O) groups excluding carboxylic acids is 3. The first-order valence-electron chi connectivity index (χ1n) is 9.77. The Kier molecular flexibility index (Phi) is 7.15. The van der Waals surface area contributed by atoms with Crippen molar-refractivity contribution in [2.24, 2.45) is 5.73 Å². The molecule has 160 valence electrons. The van der Waals surface area contributed by atoms with Crippen LogP contribution in [0.2, 0.25) is 0 Å². The summed E-state index contributed by atoms with van der Waals surface area (Å²) in [6.07, 6.45) is 0.252. The molecule has 8 heteroatoms. The highest BCUT2D eigenvalue weighted by Gasteiger charge is 2.15. The average molecular weight is 437 g/mol. The van der Waals surface area contributed by atoms with Gasteiger partial charge in [0.2, 0.25) is 11.8 Å². The van der Waals surface area contributed by atoms with E-state index < -0.39 is 5.91 Å². The van der Waals surface area contributed by atoms with Gasteiger partial charge >= 0.3 is 0 Å². The maximum absolute atomic E-state index is 12.5. The molecule has 3 amide bonds. The summed E-state index contributed by atoms with van der Waals surface area (Å²) in [6.45, 7) is 4.10. The van der Waals surface area contributed by atoms with Gasteiger partial charge in [-0.05, 0) is 31.5 Å². The molecule has 0 unspecified atom stereocenters. The Balaban J connectivity index is 1.58. The molecule has 4 N–H and O–H groups in total. The van der Waals surface area contributed by atoms with Gasteiger partial charge in [-0.2, -0.15) is 0 Å². The summed E-state index contributed by atoms with van der Waals surface area (Å²) in [7, 11) is 0. The van der Waals surface area contributed by atoms with E-state index in [4.69, 9.17) is 5.73 Å². The van der Waals surface area contributed by atoms with Crippen LogP contribution in [0.15, 0.2) is 48.5 Å². The lowest BCUT2D eigenvalue weighted by molar-refractivity contribution is -0.120. The van der Waals surface area contributed by atoms with Crippen molar-refractivity contribution in [3.05, 3.63) is 75.1 Å². The van der Waals surface area contributed by atoms with Crippen LogP contribution in [0.3, 0.4) is 0 Å². The van der Waals surface area contributed by atoms with Gasteiger partial charge in [-0.1, -0.05) is 42.0 Å². The highest BCUT2D eigenvalue weighted by molar-refractivity contribution is 7.12. The summed E-state index contributed by atoms with van der Waals surface area (Å²) < 4.78 is 0. The largest absolute Gasteiger partial charge is 0.368 e. The first-order valence-corrected chi connectivity index (χ1v) is 10.6. The second-order valence-electron chi connectivity index (χ2n) is 7.17. The third kappa shape index (κ3) is 6.23. The number of rotatable bonds is 8. The van der Waals surface area contributed by atoms with Crippen LogP contribution in [-0.4, -0.2) is 29.3 Å². The van der Waals surface area contributed by atoms with E-state index in [1.54, 1.807) is 24.3 Å². The van der Waals surface area contributed by atoms with Crippen molar-refractivity contribution >= 4 is 29.1 Å². The summed E-state index contributed by atoms with van der Waals surface area (Å²) in [5, 5.41) is 6.26. The minimum Gasteiger partial charge on any atom is -0.368 e. The highest BCUT2D eigenvalue weighted by atomic mass is 32.1. The Morgan fingerprint density at radius 2 is 1.65 bits per heavy atom. The van der Waals surface area contributed by atoms with Gasteiger partial charge in [0.1, 0.15) is 0 Å². The maximum Gasteiger partial charge on any atom is 0.251 e. The molecule has 0 saturated carbocycles. The van der Waals surface area contributed by atoms with E-state index in [0.717, 1.165) is 26.7 Å². The van der Waals surface area contributed by atoms with E-state index in [1.807, 2.05) is 38.1 Å². The Morgan fingerprint density at radius 3 is 2.29 bits per heavy atom. The van der Waals surface area contributed by atoms with Gasteiger partial charge in [0.05, 0.1) is 23.7 Å². The molecule has 0 aliphatic rings. The van der Waals surface area contributed by atoms with Crippen LogP contribution >= 0.6 is 11.3 Å². The molecule has 0 radical (unpaired) electrons. The van der Waals surface area contributed by atoms with Gasteiger partial charge in [0.15, 0.2) is 0 Å². The number of thiazole rings is 1. The second-order valence-corrected chi connectivity index (χ2v) is 8.46. The number of nitrogens with one attached hydrogen (secondary N) is 2. The van der Waals surface area contributed by atoms with Crippen molar-refractivity contribution in [3.8, 4) is 11.3 Å². The van der Waals surface area contributed by atoms with Gasteiger partial charge in [0, 0.05) is 22.5 Å². The topological polar surface area (TPSA) is 114 Å². The molecule has 0 aliphatic heterocycles. The average Bonchev–Trinajstić information content (AvgIpc) is 3.11. The van der Waals surface area contributed by atoms with Crippen LogP contribution in [0.1, 0.15) is 31.4 Å². The van der Waals surface area contributed by atoms with Crippen molar-refractivity contribution in [2.45, 2.75) is 26.8 Å². The summed E-state index contributed by atoms with van der Waals surface area (Å²) in [5.41, 5.74) is 9.32. The number of aromatic nitrogens is 1. The molecule has 0 saturated heterocycles. The van der Waals surface area contributed by atoms with E-state index in [-0.39, 0.29) is 24.8 Å². The Bertz CT molecular complexity index is 1090. The van der Waals surface area contributed by atoms with Crippen molar-refractivity contribution in [1.29, 1.82) is 0 Å². The molecular weight excluding hydrogens is 412 g/mol. The number of nitrogens with two attached hydrogens (primary N) is 1. The number of aryl methyl sites for hydroxylation is 2. The van der Waals surface area contributed by atoms with Crippen LogP contribution in [0.5, 0.6) is 0 Å². The van der Waals surface area contributed by atoms with Crippen molar-refractivity contribution in [3.63, 3.8) is 0 Å². The van der Waals surface area contributed by atoms with E-state index in [9.17, 15) is 14.4 Å². The molecular formula is C23H24N4O3S. The highest BCUT2D eigenvalue weighted by Crippen LogP contribution is 2.28. The molecule has 1 aromatic heterocycles. The minimum atomic E-state index is -0.602. The SMILES string of the molecule is Cc1ccc(-c2nc(C)sc2CC(=O)NCc2ccc(C(=O)NCC(N)=O)cc2)cc1. The van der Waals surface area contributed by atoms with Gasteiger partial charge in [-0.25, -0.2) is 4.98 Å². The van der Waals surface area contributed by atoms with Gasteiger partial charge in [0.25, 0.3) is 5.91 Å². The first-order chi connectivity index (χ1) is 14.8. The fourth-order valence-electron chi connectivity index (χ4n) is 2.98. The molecule has 2 aromatic carbocycles. The van der Waals surface area contributed by atoms with Crippen LogP contribution in [0.4, 0.5) is 0 Å². The number of amides is 3. The quantitative estimate of drug-likeness (QED) is 0.503. The zero-order chi connectivity index (χ0) is 22.4. The van der Waals surface area contributed by atoms with Gasteiger partial charge in [-0.3, -0.25) is 14.4 Å². The van der Waals surface area contributed by atoms with Gasteiger partial charge < -0.3 is 16.4 Å². The lowest BCUT2D eigenvalue weighted by Crippen LogP contribution is -2.33. The molecule has 0 bridgehead atoms. The van der Waals surface area contributed by atoms with E-state index >= 15 is 0 Å². The smallest absolute Gasteiger partial charge is 0.251 e. The Morgan fingerprint density at radius 1 is 0.968 bits per heavy atom. The molecule has 7 nitrogen and oxygen atoms in total. The third-order valence-electron chi connectivity index (χ3n) is 4.58. The number of benzene rings is 2. The first kappa shape index (κ1) is 22.2. The second kappa shape index (κ2) is 9.99. The van der Waals surface area contributed by atoms with Crippen molar-refractivity contribution in [2.75, 3.05) is 6.54 Å². The third-order valence-corrected chi connectivity index (χ3v) is 5.55. The zero-order valence-corrected chi connectivity index (χ0v) is 18.2. The molecule has 0 aliphatic carbocycles.